The number of rotatable bonds is 3. The van der Waals surface area contributed by atoms with Crippen molar-refractivity contribution in [2.45, 2.75) is 10.3 Å². The van der Waals surface area contributed by atoms with Crippen molar-refractivity contribution in [2.75, 3.05) is 0 Å². The van der Waals surface area contributed by atoms with Crippen LogP contribution in [0.1, 0.15) is 0 Å². The normalized spacial score (nSPS) is 11.7. The molecule has 0 spiro atoms. The van der Waals surface area contributed by atoms with Gasteiger partial charge < -0.3 is 9.13 Å². The zero-order valence-corrected chi connectivity index (χ0v) is 16.3. The van der Waals surface area contributed by atoms with E-state index >= 15 is 0 Å². The summed E-state index contributed by atoms with van der Waals surface area (Å²) in [6, 6.07) is 0. The van der Waals surface area contributed by atoms with E-state index in [0.29, 0.717) is 10.3 Å². The molecule has 0 bridgehead atoms. The maximum absolute atomic E-state index is 12.1. The molecule has 0 unspecified atom stereocenters. The number of nitrogens with zero attached hydrogens (tertiary/aromatic N) is 8. The highest BCUT2D eigenvalue weighted by Crippen LogP contribution is 2.36. The molecule has 4 aromatic rings. The molecule has 0 aliphatic heterocycles. The minimum Gasteiger partial charge on any atom is -0.312 e. The minimum absolute atomic E-state index is 0.112. The highest BCUT2D eigenvalue weighted by molar-refractivity contribution is 8.76. The number of hydrogen-bond acceptors (Lipinski definition) is 8. The Bertz CT molecular complexity index is 1190. The van der Waals surface area contributed by atoms with Crippen molar-refractivity contribution in [1.82, 2.24) is 38.3 Å². The summed E-state index contributed by atoms with van der Waals surface area (Å²) in [5.74, 6) is 0. The smallest absolute Gasteiger partial charge is 0.296 e. The molecule has 0 atom stereocenters. The largest absolute Gasteiger partial charge is 0.312 e. The summed E-state index contributed by atoms with van der Waals surface area (Å²) >= 11 is 12.4. The fourth-order valence-corrected chi connectivity index (χ4v) is 4.88. The molecule has 4 aromatic heterocycles. The summed E-state index contributed by atoms with van der Waals surface area (Å²) < 4.78 is 5.53. The van der Waals surface area contributed by atoms with Crippen LogP contribution in [0.4, 0.5) is 0 Å². The van der Waals surface area contributed by atoms with Crippen molar-refractivity contribution < 1.29 is 0 Å². The van der Waals surface area contributed by atoms with Crippen LogP contribution >= 0.6 is 44.8 Å². The van der Waals surface area contributed by atoms with Crippen LogP contribution in [-0.2, 0) is 14.1 Å². The van der Waals surface area contributed by atoms with Gasteiger partial charge in [-0.05, 0) is 21.6 Å². The highest BCUT2D eigenvalue weighted by Gasteiger charge is 2.18. The van der Waals surface area contributed by atoms with Gasteiger partial charge in [0, 0.05) is 26.5 Å². The number of aromatic nitrogens is 8. The van der Waals surface area contributed by atoms with Crippen LogP contribution in [0.3, 0.4) is 0 Å². The van der Waals surface area contributed by atoms with Crippen molar-refractivity contribution in [2.24, 2.45) is 14.1 Å². The van der Waals surface area contributed by atoms with Crippen LogP contribution in [0.25, 0.3) is 11.3 Å². The molecule has 0 aliphatic carbocycles. The molecule has 134 valence electrons. The molecule has 0 saturated carbocycles. The molecule has 4 heterocycles. The average Bonchev–Trinajstić information content (AvgIpc) is 3.20. The first-order chi connectivity index (χ1) is 12.4. The van der Waals surface area contributed by atoms with Gasteiger partial charge in [0.1, 0.15) is 10.3 Å². The van der Waals surface area contributed by atoms with Gasteiger partial charge in [0.2, 0.25) is 21.6 Å². The Morgan fingerprint density at radius 1 is 0.769 bits per heavy atom. The van der Waals surface area contributed by atoms with Gasteiger partial charge in [-0.2, -0.15) is 0 Å². The van der Waals surface area contributed by atoms with Crippen molar-refractivity contribution in [3.8, 4) is 0 Å². The maximum Gasteiger partial charge on any atom is 0.296 e. The Kier molecular flexibility index (Phi) is 4.22. The van der Waals surface area contributed by atoms with Crippen molar-refractivity contribution in [1.29, 1.82) is 0 Å². The third-order valence-electron chi connectivity index (χ3n) is 3.51. The lowest BCUT2D eigenvalue weighted by atomic mass is 10.6. The van der Waals surface area contributed by atoms with Gasteiger partial charge in [0.15, 0.2) is 0 Å². The van der Waals surface area contributed by atoms with E-state index in [2.05, 4.69) is 20.4 Å². The van der Waals surface area contributed by atoms with Crippen LogP contribution in [0, 0.1) is 0 Å². The number of halogens is 2. The maximum atomic E-state index is 12.1. The third kappa shape index (κ3) is 2.60. The molecule has 0 fully saturated rings. The first kappa shape index (κ1) is 17.4. The summed E-state index contributed by atoms with van der Waals surface area (Å²) in [5.41, 5.74) is -0.418. The van der Waals surface area contributed by atoms with Crippen molar-refractivity contribution in [3.05, 3.63) is 43.4 Å². The van der Waals surface area contributed by atoms with E-state index in [1.807, 2.05) is 0 Å². The lowest BCUT2D eigenvalue weighted by Gasteiger charge is -2.04. The van der Waals surface area contributed by atoms with Crippen LogP contribution in [0.5, 0.6) is 0 Å². The van der Waals surface area contributed by atoms with Gasteiger partial charge in [-0.1, -0.05) is 23.2 Å². The van der Waals surface area contributed by atoms with E-state index in [9.17, 15) is 9.59 Å². The third-order valence-corrected chi connectivity index (χ3v) is 6.10. The zero-order chi connectivity index (χ0) is 18.6. The molecule has 0 radical (unpaired) electrons. The number of hydrogen-bond donors (Lipinski definition) is 0. The number of fused-ring (bicyclic) bond motifs is 2. The summed E-state index contributed by atoms with van der Waals surface area (Å²) in [5, 5.41) is 17.1. The fraction of sp³-hybridized carbons (Fsp3) is 0.167. The van der Waals surface area contributed by atoms with Gasteiger partial charge >= 0.3 is 0 Å². The van der Waals surface area contributed by atoms with E-state index in [4.69, 9.17) is 23.2 Å². The highest BCUT2D eigenvalue weighted by atomic mass is 35.5. The predicted molar refractivity (Wildman–Crippen MR) is 98.2 cm³/mol. The summed E-state index contributed by atoms with van der Waals surface area (Å²) in [4.78, 5) is 24.2. The van der Waals surface area contributed by atoms with E-state index in [0.717, 1.165) is 21.6 Å². The quantitative estimate of drug-likeness (QED) is 0.447. The fourth-order valence-electron chi connectivity index (χ4n) is 2.25. The van der Waals surface area contributed by atoms with Gasteiger partial charge in [0.25, 0.3) is 11.1 Å². The lowest BCUT2D eigenvalue weighted by molar-refractivity contribution is 0.828. The monoisotopic (exact) mass is 430 g/mol. The molecule has 14 heteroatoms. The van der Waals surface area contributed by atoms with Crippen molar-refractivity contribution >= 4 is 56.1 Å². The molecule has 10 nitrogen and oxygen atoms in total. The second kappa shape index (κ2) is 6.30. The van der Waals surface area contributed by atoms with E-state index in [1.165, 1.54) is 30.3 Å². The standard InChI is InChI=1S/C12H8Cl2N8O2S2/c1-19-3-5(13)21-7(9(19)23)15-17-11(21)25-26-12-18-16-8-10(24)20(2)4-6(14)22(8)12/h3-4H,1-2H3. The first-order valence-electron chi connectivity index (χ1n) is 6.93. The Balaban J connectivity index is 1.75. The lowest BCUT2D eigenvalue weighted by Crippen LogP contribution is -2.19. The SMILES string of the molecule is Cn1cc(Cl)n2c(SSc3nnc4c(=O)n(C)cc(Cl)n34)nnc2c1=O. The Labute approximate surface area is 162 Å². The van der Waals surface area contributed by atoms with Crippen LogP contribution in [0.15, 0.2) is 32.3 Å². The molecular formula is C12H8Cl2N8O2S2. The first-order valence-corrected chi connectivity index (χ1v) is 9.84. The van der Waals surface area contributed by atoms with Crippen LogP contribution in [0.2, 0.25) is 10.3 Å². The topological polar surface area (TPSA) is 104 Å². The molecule has 0 aliphatic rings. The Morgan fingerprint density at radius 2 is 1.15 bits per heavy atom. The Morgan fingerprint density at radius 3 is 1.54 bits per heavy atom. The molecule has 0 saturated heterocycles. The van der Waals surface area contributed by atoms with Gasteiger partial charge in [0.05, 0.1) is 0 Å². The molecule has 26 heavy (non-hydrogen) atoms. The van der Waals surface area contributed by atoms with Crippen LogP contribution < -0.4 is 11.1 Å². The van der Waals surface area contributed by atoms with Gasteiger partial charge in [-0.25, -0.2) is 0 Å². The molecular weight excluding hydrogens is 423 g/mol. The second-order valence-corrected chi connectivity index (χ2v) is 8.02. The second-order valence-electron chi connectivity index (χ2n) is 5.19. The molecule has 0 amide bonds. The Hall–Kier alpha value is -2.02. The molecule has 0 N–H and O–H groups in total. The van der Waals surface area contributed by atoms with Gasteiger partial charge in [-0.3, -0.25) is 18.4 Å². The van der Waals surface area contributed by atoms with E-state index in [1.54, 1.807) is 14.1 Å². The van der Waals surface area contributed by atoms with E-state index in [-0.39, 0.29) is 32.7 Å². The van der Waals surface area contributed by atoms with Gasteiger partial charge in [-0.15, -0.1) is 20.4 Å². The van der Waals surface area contributed by atoms with Crippen molar-refractivity contribution in [3.63, 3.8) is 0 Å². The number of aryl methyl sites for hydroxylation is 2. The predicted octanol–water partition coefficient (Wildman–Crippen LogP) is 1.28. The minimum atomic E-state index is -0.321. The summed E-state index contributed by atoms with van der Waals surface area (Å²) in [6.07, 6.45) is 2.95. The molecule has 4 rings (SSSR count). The molecule has 0 aromatic carbocycles. The average molecular weight is 431 g/mol. The summed E-state index contributed by atoms with van der Waals surface area (Å²) in [6.45, 7) is 0. The summed E-state index contributed by atoms with van der Waals surface area (Å²) in [7, 11) is 5.48. The van der Waals surface area contributed by atoms with Crippen LogP contribution in [-0.4, -0.2) is 38.3 Å². The zero-order valence-electron chi connectivity index (χ0n) is 13.1. The van der Waals surface area contributed by atoms with E-state index < -0.39 is 0 Å².